The lowest BCUT2D eigenvalue weighted by atomic mass is 9.97. The predicted octanol–water partition coefficient (Wildman–Crippen LogP) is 4.52. The van der Waals surface area contributed by atoms with Crippen LogP contribution in [-0.4, -0.2) is 0 Å². The van der Waals surface area contributed by atoms with E-state index in [2.05, 4.69) is 38.1 Å². The van der Waals surface area contributed by atoms with E-state index in [1.165, 1.54) is 16.7 Å². The van der Waals surface area contributed by atoms with E-state index in [0.29, 0.717) is 6.61 Å². The Morgan fingerprint density at radius 2 is 1.78 bits per heavy atom. The van der Waals surface area contributed by atoms with E-state index in [9.17, 15) is 0 Å². The summed E-state index contributed by atoms with van der Waals surface area (Å²) in [6.45, 7) is 4.80. The zero-order valence-electron chi connectivity index (χ0n) is 10.5. The van der Waals surface area contributed by atoms with Crippen molar-refractivity contribution in [3.8, 4) is 5.75 Å². The monoisotopic (exact) mass is 258 g/mol. The number of hydrogen-bond acceptors (Lipinski definition) is 1. The summed E-state index contributed by atoms with van der Waals surface area (Å²) in [6.07, 6.45) is 0. The Hall–Kier alpha value is -1.47. The molecule has 2 heteroatoms. The highest BCUT2D eigenvalue weighted by atomic mass is 35.5. The molecule has 1 aliphatic rings. The van der Waals surface area contributed by atoms with Crippen LogP contribution in [0.1, 0.15) is 33.2 Å². The molecule has 1 aliphatic heterocycles. The van der Waals surface area contributed by atoms with Gasteiger partial charge in [-0.15, -0.1) is 11.6 Å². The Morgan fingerprint density at radius 1 is 1.06 bits per heavy atom. The van der Waals surface area contributed by atoms with Crippen molar-refractivity contribution in [1.82, 2.24) is 0 Å². The zero-order valence-corrected chi connectivity index (χ0v) is 11.3. The highest BCUT2D eigenvalue weighted by Gasteiger charge is 2.23. The summed E-state index contributed by atoms with van der Waals surface area (Å²) < 4.78 is 5.90. The molecule has 0 saturated heterocycles. The average Bonchev–Trinajstić information content (AvgIpc) is 2.51. The van der Waals surface area contributed by atoms with Crippen LogP contribution in [0.15, 0.2) is 36.4 Å². The van der Waals surface area contributed by atoms with E-state index < -0.39 is 0 Å². The summed E-state index contributed by atoms with van der Waals surface area (Å²) >= 11 is 6.63. The molecule has 1 atom stereocenters. The minimum atomic E-state index is -0.127. The minimum Gasteiger partial charge on any atom is -0.489 e. The number of benzene rings is 2. The fraction of sp³-hybridized carbons (Fsp3) is 0.250. The number of fused-ring (bicyclic) bond motifs is 2. The zero-order chi connectivity index (χ0) is 12.7. The summed E-state index contributed by atoms with van der Waals surface area (Å²) in [5.41, 5.74) is 5.89. The van der Waals surface area contributed by atoms with Crippen LogP contribution in [0, 0.1) is 13.8 Å². The summed E-state index contributed by atoms with van der Waals surface area (Å²) in [4.78, 5) is 0. The molecule has 1 heterocycles. The molecule has 2 aromatic carbocycles. The Morgan fingerprint density at radius 3 is 2.61 bits per heavy atom. The molecule has 3 rings (SSSR count). The lowest BCUT2D eigenvalue weighted by Gasteiger charge is -2.14. The van der Waals surface area contributed by atoms with Crippen LogP contribution in [0.3, 0.4) is 0 Å². The highest BCUT2D eigenvalue weighted by molar-refractivity contribution is 6.23. The number of rotatable bonds is 0. The standard InChI is InChI=1S/C16H15ClO/c1-10-7-14-15(8-11(10)2)18-9-12-5-3-4-6-13(12)16(14)17/h3-8,16H,9H2,1-2H3. The molecule has 0 N–H and O–H groups in total. The lowest BCUT2D eigenvalue weighted by Crippen LogP contribution is -1.96. The molecule has 0 aromatic heterocycles. The molecule has 1 nitrogen and oxygen atoms in total. The van der Waals surface area contributed by atoms with Gasteiger partial charge < -0.3 is 4.74 Å². The topological polar surface area (TPSA) is 9.23 Å². The van der Waals surface area contributed by atoms with Gasteiger partial charge in [-0.1, -0.05) is 30.3 Å². The van der Waals surface area contributed by atoms with Gasteiger partial charge in [0.05, 0.1) is 5.38 Å². The van der Waals surface area contributed by atoms with E-state index in [-0.39, 0.29) is 5.38 Å². The van der Waals surface area contributed by atoms with Gasteiger partial charge in [0, 0.05) is 5.56 Å². The predicted molar refractivity (Wildman–Crippen MR) is 74.4 cm³/mol. The van der Waals surface area contributed by atoms with Crippen LogP contribution >= 0.6 is 11.6 Å². The van der Waals surface area contributed by atoms with Gasteiger partial charge in [0.25, 0.3) is 0 Å². The second kappa shape index (κ2) is 4.33. The van der Waals surface area contributed by atoms with Crippen molar-refractivity contribution >= 4 is 11.6 Å². The van der Waals surface area contributed by atoms with E-state index in [1.54, 1.807) is 0 Å². The molecule has 0 amide bonds. The minimum absolute atomic E-state index is 0.127. The van der Waals surface area contributed by atoms with Crippen molar-refractivity contribution in [3.05, 3.63) is 64.2 Å². The average molecular weight is 259 g/mol. The van der Waals surface area contributed by atoms with Crippen LogP contribution in [0.5, 0.6) is 5.75 Å². The van der Waals surface area contributed by atoms with Crippen molar-refractivity contribution in [2.24, 2.45) is 0 Å². The van der Waals surface area contributed by atoms with Crippen LogP contribution in [0.25, 0.3) is 0 Å². The number of hydrogen-bond donors (Lipinski definition) is 0. The Bertz CT molecular complexity index is 604. The van der Waals surface area contributed by atoms with E-state index >= 15 is 0 Å². The van der Waals surface area contributed by atoms with Gasteiger partial charge >= 0.3 is 0 Å². The van der Waals surface area contributed by atoms with Gasteiger partial charge in [0.15, 0.2) is 0 Å². The van der Waals surface area contributed by atoms with Gasteiger partial charge in [-0.3, -0.25) is 0 Å². The van der Waals surface area contributed by atoms with Crippen LogP contribution in [-0.2, 0) is 6.61 Å². The molecule has 0 fully saturated rings. The summed E-state index contributed by atoms with van der Waals surface area (Å²) in [5.74, 6) is 0.911. The summed E-state index contributed by atoms with van der Waals surface area (Å²) in [5, 5.41) is -0.127. The molecule has 18 heavy (non-hydrogen) atoms. The molecular weight excluding hydrogens is 244 g/mol. The first-order valence-electron chi connectivity index (χ1n) is 6.12. The second-order valence-corrected chi connectivity index (χ2v) is 5.26. The molecule has 0 bridgehead atoms. The third kappa shape index (κ3) is 1.79. The highest BCUT2D eigenvalue weighted by Crippen LogP contribution is 2.40. The van der Waals surface area contributed by atoms with E-state index in [0.717, 1.165) is 16.9 Å². The van der Waals surface area contributed by atoms with Crippen molar-refractivity contribution in [2.75, 3.05) is 0 Å². The van der Waals surface area contributed by atoms with Gasteiger partial charge in [0.1, 0.15) is 12.4 Å². The largest absolute Gasteiger partial charge is 0.489 e. The van der Waals surface area contributed by atoms with Crippen molar-refractivity contribution < 1.29 is 4.74 Å². The van der Waals surface area contributed by atoms with Gasteiger partial charge in [0.2, 0.25) is 0 Å². The maximum absolute atomic E-state index is 6.63. The Balaban J connectivity index is 2.19. The Labute approximate surface area is 112 Å². The van der Waals surface area contributed by atoms with Crippen molar-refractivity contribution in [2.45, 2.75) is 25.8 Å². The second-order valence-electron chi connectivity index (χ2n) is 4.82. The van der Waals surface area contributed by atoms with Crippen LogP contribution in [0.2, 0.25) is 0 Å². The normalized spacial score (nSPS) is 17.4. The van der Waals surface area contributed by atoms with Crippen LogP contribution < -0.4 is 4.74 Å². The molecule has 2 aromatic rings. The fourth-order valence-corrected chi connectivity index (χ4v) is 2.75. The van der Waals surface area contributed by atoms with Gasteiger partial charge in [-0.25, -0.2) is 0 Å². The molecule has 1 unspecified atom stereocenters. The van der Waals surface area contributed by atoms with Gasteiger partial charge in [-0.05, 0) is 42.2 Å². The number of halogens is 1. The first-order valence-corrected chi connectivity index (χ1v) is 6.56. The van der Waals surface area contributed by atoms with Crippen molar-refractivity contribution in [3.63, 3.8) is 0 Å². The van der Waals surface area contributed by atoms with Crippen molar-refractivity contribution in [1.29, 1.82) is 0 Å². The van der Waals surface area contributed by atoms with E-state index in [4.69, 9.17) is 16.3 Å². The molecule has 0 saturated carbocycles. The number of aryl methyl sites for hydroxylation is 2. The lowest BCUT2D eigenvalue weighted by molar-refractivity contribution is 0.306. The van der Waals surface area contributed by atoms with Crippen LogP contribution in [0.4, 0.5) is 0 Å². The molecular formula is C16H15ClO. The maximum Gasteiger partial charge on any atom is 0.125 e. The molecule has 0 radical (unpaired) electrons. The first-order chi connectivity index (χ1) is 8.66. The molecule has 92 valence electrons. The molecule has 0 spiro atoms. The third-order valence-corrected chi connectivity index (χ3v) is 4.08. The van der Waals surface area contributed by atoms with E-state index in [1.807, 2.05) is 12.1 Å². The number of alkyl halides is 1. The Kier molecular flexibility index (Phi) is 2.79. The fourth-order valence-electron chi connectivity index (χ4n) is 2.37. The van der Waals surface area contributed by atoms with Gasteiger partial charge in [-0.2, -0.15) is 0 Å². The summed E-state index contributed by atoms with van der Waals surface area (Å²) in [7, 11) is 0. The first kappa shape index (κ1) is 11.6. The quantitative estimate of drug-likeness (QED) is 0.631. The maximum atomic E-state index is 6.63. The third-order valence-electron chi connectivity index (χ3n) is 3.61. The number of ether oxygens (including phenoxy) is 1. The smallest absolute Gasteiger partial charge is 0.125 e. The molecule has 0 aliphatic carbocycles. The SMILES string of the molecule is Cc1cc2c(cc1C)C(Cl)c1ccccc1CO2. The summed E-state index contributed by atoms with van der Waals surface area (Å²) in [6, 6.07) is 12.5.